The summed E-state index contributed by atoms with van der Waals surface area (Å²) >= 11 is 0. The Labute approximate surface area is 317 Å². The molecule has 256 valence electrons. The lowest BCUT2D eigenvalue weighted by atomic mass is 9.69. The number of hydrogen-bond acceptors (Lipinski definition) is 1. The molecule has 0 fully saturated rings. The minimum atomic E-state index is -1.50. The lowest BCUT2D eigenvalue weighted by molar-refractivity contribution is 0.802. The predicted molar refractivity (Wildman–Crippen MR) is 233 cm³/mol. The van der Waals surface area contributed by atoms with E-state index in [0.29, 0.717) is 0 Å². The van der Waals surface area contributed by atoms with E-state index < -0.39 is 13.5 Å². The number of hydrogen-bond donors (Lipinski definition) is 0. The molecular formula is C52H39NSi. The number of anilines is 3. The average Bonchev–Trinajstić information content (AvgIpc) is 3.69. The maximum absolute atomic E-state index is 2.57. The molecule has 0 amide bonds. The van der Waals surface area contributed by atoms with Crippen molar-refractivity contribution < 1.29 is 0 Å². The SMILES string of the molecule is C[Si](C)(C)c1ccc(N(c2ccccc2)c2cc3c(c4ccccc24)-c2c(c4ccccc4c4ccccc24)C32c3ccccc3-c3ccccc32)cc1. The second-order valence-electron chi connectivity index (χ2n) is 16.0. The van der Waals surface area contributed by atoms with Crippen LogP contribution in [-0.2, 0) is 5.41 Å². The number of benzene rings is 9. The fraction of sp³-hybridized carbons (Fsp3) is 0.0769. The van der Waals surface area contributed by atoms with E-state index in [1.54, 1.807) is 0 Å². The Morgan fingerprint density at radius 3 is 1.46 bits per heavy atom. The summed E-state index contributed by atoms with van der Waals surface area (Å²) < 4.78 is 0. The molecular weight excluding hydrogens is 667 g/mol. The van der Waals surface area contributed by atoms with Gasteiger partial charge in [-0.3, -0.25) is 0 Å². The van der Waals surface area contributed by atoms with Crippen molar-refractivity contribution in [2.75, 3.05) is 4.90 Å². The van der Waals surface area contributed by atoms with Gasteiger partial charge in [-0.05, 0) is 102 Å². The highest BCUT2D eigenvalue weighted by Crippen LogP contribution is 2.67. The van der Waals surface area contributed by atoms with Crippen LogP contribution in [0.25, 0.3) is 54.6 Å². The maximum atomic E-state index is 2.57. The zero-order chi connectivity index (χ0) is 36.2. The first-order valence-corrected chi connectivity index (χ1v) is 22.6. The van der Waals surface area contributed by atoms with Crippen LogP contribution in [0.1, 0.15) is 22.3 Å². The average molecular weight is 706 g/mol. The Bertz CT molecular complexity index is 2920. The molecule has 0 radical (unpaired) electrons. The van der Waals surface area contributed by atoms with E-state index in [1.165, 1.54) is 93.4 Å². The number of nitrogens with zero attached hydrogens (tertiary/aromatic N) is 1. The van der Waals surface area contributed by atoms with Crippen LogP contribution in [-0.4, -0.2) is 8.07 Å². The normalized spacial score (nSPS) is 13.6. The maximum Gasteiger partial charge on any atom is 0.0775 e. The van der Waals surface area contributed by atoms with Gasteiger partial charge in [-0.25, -0.2) is 0 Å². The summed E-state index contributed by atoms with van der Waals surface area (Å²) in [5, 5.41) is 9.23. The van der Waals surface area contributed by atoms with Crippen LogP contribution in [0.5, 0.6) is 0 Å². The molecule has 1 nitrogen and oxygen atoms in total. The van der Waals surface area contributed by atoms with Gasteiger partial charge < -0.3 is 4.90 Å². The van der Waals surface area contributed by atoms with Gasteiger partial charge in [0.1, 0.15) is 0 Å². The summed E-state index contributed by atoms with van der Waals surface area (Å²) in [4.78, 5) is 2.50. The molecule has 11 rings (SSSR count). The molecule has 2 heteroatoms. The molecule has 9 aromatic rings. The van der Waals surface area contributed by atoms with Crippen molar-refractivity contribution in [3.8, 4) is 22.3 Å². The first-order valence-electron chi connectivity index (χ1n) is 19.1. The van der Waals surface area contributed by atoms with Crippen molar-refractivity contribution >= 4 is 62.6 Å². The van der Waals surface area contributed by atoms with Crippen molar-refractivity contribution in [2.24, 2.45) is 0 Å². The molecule has 0 N–H and O–H groups in total. The predicted octanol–water partition coefficient (Wildman–Crippen LogP) is 13.5. The molecule has 0 atom stereocenters. The van der Waals surface area contributed by atoms with Crippen LogP contribution in [0, 0.1) is 0 Å². The third-order valence-corrected chi connectivity index (χ3v) is 14.2. The minimum absolute atomic E-state index is 0.523. The van der Waals surface area contributed by atoms with E-state index in [9.17, 15) is 0 Å². The smallest absolute Gasteiger partial charge is 0.0775 e. The summed E-state index contributed by atoms with van der Waals surface area (Å²) in [6.45, 7) is 7.27. The lowest BCUT2D eigenvalue weighted by Gasteiger charge is -2.33. The van der Waals surface area contributed by atoms with Gasteiger partial charge in [-0.1, -0.05) is 176 Å². The van der Waals surface area contributed by atoms with Crippen molar-refractivity contribution in [3.63, 3.8) is 0 Å². The molecule has 2 aliphatic carbocycles. The van der Waals surface area contributed by atoms with Gasteiger partial charge in [-0.2, -0.15) is 0 Å². The van der Waals surface area contributed by atoms with Crippen LogP contribution in [0.4, 0.5) is 17.1 Å². The molecule has 0 unspecified atom stereocenters. The summed E-state index contributed by atoms with van der Waals surface area (Å²) in [7, 11) is -1.50. The topological polar surface area (TPSA) is 3.24 Å². The van der Waals surface area contributed by atoms with Gasteiger partial charge in [0.15, 0.2) is 0 Å². The Hall–Kier alpha value is -6.22. The highest BCUT2D eigenvalue weighted by Gasteiger charge is 2.53. The Morgan fingerprint density at radius 1 is 0.389 bits per heavy atom. The molecule has 54 heavy (non-hydrogen) atoms. The Balaban J connectivity index is 1.35. The first-order chi connectivity index (χ1) is 26.5. The van der Waals surface area contributed by atoms with Crippen LogP contribution < -0.4 is 10.1 Å². The fourth-order valence-electron chi connectivity index (χ4n) is 9.94. The van der Waals surface area contributed by atoms with Crippen LogP contribution in [0.3, 0.4) is 0 Å². The van der Waals surface area contributed by atoms with E-state index in [-0.39, 0.29) is 0 Å². The van der Waals surface area contributed by atoms with Gasteiger partial charge >= 0.3 is 0 Å². The highest BCUT2D eigenvalue weighted by atomic mass is 28.3. The van der Waals surface area contributed by atoms with Gasteiger partial charge in [0.2, 0.25) is 0 Å². The van der Waals surface area contributed by atoms with Gasteiger partial charge in [0.25, 0.3) is 0 Å². The van der Waals surface area contributed by atoms with Gasteiger partial charge in [0.05, 0.1) is 19.2 Å². The summed E-state index contributed by atoms with van der Waals surface area (Å²) in [6.07, 6.45) is 0. The molecule has 2 aliphatic rings. The van der Waals surface area contributed by atoms with Crippen LogP contribution >= 0.6 is 0 Å². The van der Waals surface area contributed by atoms with E-state index in [0.717, 1.165) is 5.69 Å². The van der Waals surface area contributed by atoms with Gasteiger partial charge in [-0.15, -0.1) is 0 Å². The largest absolute Gasteiger partial charge is 0.310 e. The Morgan fingerprint density at radius 2 is 0.852 bits per heavy atom. The summed E-state index contributed by atoms with van der Waals surface area (Å²) in [5.41, 5.74) is 13.8. The number of rotatable bonds is 4. The van der Waals surface area contributed by atoms with E-state index >= 15 is 0 Å². The van der Waals surface area contributed by atoms with Crippen LogP contribution in [0.15, 0.2) is 182 Å². The Kier molecular flexibility index (Phi) is 6.60. The van der Waals surface area contributed by atoms with E-state index in [1.807, 2.05) is 0 Å². The zero-order valence-electron chi connectivity index (χ0n) is 30.8. The monoisotopic (exact) mass is 705 g/mol. The van der Waals surface area contributed by atoms with Gasteiger partial charge in [0, 0.05) is 16.8 Å². The second kappa shape index (κ2) is 11.4. The minimum Gasteiger partial charge on any atom is -0.310 e. The number of para-hydroxylation sites is 1. The van der Waals surface area contributed by atoms with Crippen molar-refractivity contribution in [3.05, 3.63) is 204 Å². The lowest BCUT2D eigenvalue weighted by Crippen LogP contribution is -2.37. The molecule has 0 saturated heterocycles. The molecule has 1 spiro atoms. The standard InChI is InChI=1S/C52H39NSi/c1-54(2,3)36-31-29-35(30-32-36)53(34-17-5-4-6-18-34)48-33-47-49(43-25-11-9-23-41(43)48)50-42-24-10-7-19-37(42)38-20-8-12-26-44(38)51(50)52(47)45-27-15-13-21-39(45)40-22-14-16-28-46(40)52/h4-33H,1-3H3. The molecule has 0 heterocycles. The second-order valence-corrected chi connectivity index (χ2v) is 21.1. The molecule has 0 saturated carbocycles. The zero-order valence-corrected chi connectivity index (χ0v) is 31.8. The quantitative estimate of drug-likeness (QED) is 0.130. The highest BCUT2D eigenvalue weighted by molar-refractivity contribution is 6.88. The molecule has 0 aliphatic heterocycles. The summed E-state index contributed by atoms with van der Waals surface area (Å²) in [5.74, 6) is 0. The van der Waals surface area contributed by atoms with E-state index in [4.69, 9.17) is 0 Å². The van der Waals surface area contributed by atoms with Crippen LogP contribution in [0.2, 0.25) is 19.6 Å². The first kappa shape index (κ1) is 31.3. The summed E-state index contributed by atoms with van der Waals surface area (Å²) in [6, 6.07) is 68.6. The fourth-order valence-corrected chi connectivity index (χ4v) is 11.1. The molecule has 9 aromatic carbocycles. The van der Waals surface area contributed by atoms with Crippen molar-refractivity contribution in [1.29, 1.82) is 0 Å². The third kappa shape index (κ3) is 4.15. The molecule has 0 aromatic heterocycles. The van der Waals surface area contributed by atoms with Crippen molar-refractivity contribution in [1.82, 2.24) is 0 Å². The van der Waals surface area contributed by atoms with E-state index in [2.05, 4.69) is 207 Å². The van der Waals surface area contributed by atoms with Crippen molar-refractivity contribution in [2.45, 2.75) is 25.1 Å². The number of fused-ring (bicyclic) bond motifs is 17. The third-order valence-electron chi connectivity index (χ3n) is 12.2. The molecule has 0 bridgehead atoms.